The molecule has 1 aliphatic heterocycles. The maximum absolute atomic E-state index is 12.7. The number of nitrogen functional groups attached to an aromatic ring is 1. The second-order valence-electron chi connectivity index (χ2n) is 5.15. The van der Waals surface area contributed by atoms with Gasteiger partial charge in [-0.3, -0.25) is 10.1 Å². The summed E-state index contributed by atoms with van der Waals surface area (Å²) in [5.74, 6) is 0. The summed E-state index contributed by atoms with van der Waals surface area (Å²) in [5, 5.41) is 10.7. The SMILES string of the molecule is CCC1CCCCN1S(=O)(=O)c1ccc([N+](=O)[O-])cc1N. The summed E-state index contributed by atoms with van der Waals surface area (Å²) in [4.78, 5) is 10.1. The van der Waals surface area contributed by atoms with E-state index in [9.17, 15) is 18.5 Å². The second-order valence-corrected chi connectivity index (χ2v) is 7.01. The lowest BCUT2D eigenvalue weighted by Crippen LogP contribution is -2.43. The van der Waals surface area contributed by atoms with Crippen LogP contribution < -0.4 is 5.73 Å². The van der Waals surface area contributed by atoms with Crippen molar-refractivity contribution in [2.24, 2.45) is 0 Å². The highest BCUT2D eigenvalue weighted by atomic mass is 32.2. The van der Waals surface area contributed by atoms with Crippen molar-refractivity contribution in [2.45, 2.75) is 43.5 Å². The number of hydrogen-bond acceptors (Lipinski definition) is 5. The minimum atomic E-state index is -3.71. The van der Waals surface area contributed by atoms with E-state index in [1.807, 2.05) is 6.92 Å². The molecule has 1 unspecified atom stereocenters. The first-order valence-electron chi connectivity index (χ1n) is 6.93. The van der Waals surface area contributed by atoms with E-state index in [0.29, 0.717) is 6.54 Å². The Bertz CT molecular complexity index is 645. The average molecular weight is 313 g/mol. The quantitative estimate of drug-likeness (QED) is 0.520. The summed E-state index contributed by atoms with van der Waals surface area (Å²) in [6, 6.07) is 3.47. The Hall–Kier alpha value is -1.67. The van der Waals surface area contributed by atoms with Gasteiger partial charge in [-0.1, -0.05) is 13.3 Å². The third-order valence-corrected chi connectivity index (χ3v) is 5.86. The van der Waals surface area contributed by atoms with Crippen LogP contribution in [0, 0.1) is 10.1 Å². The molecule has 1 fully saturated rings. The summed E-state index contributed by atoms with van der Waals surface area (Å²) in [5.41, 5.74) is 5.44. The predicted molar refractivity (Wildman–Crippen MR) is 79.3 cm³/mol. The fraction of sp³-hybridized carbons (Fsp3) is 0.538. The van der Waals surface area contributed by atoms with Gasteiger partial charge in [0, 0.05) is 24.7 Å². The number of non-ortho nitro benzene ring substituents is 1. The summed E-state index contributed by atoms with van der Waals surface area (Å²) in [6.07, 6.45) is 3.41. The third kappa shape index (κ3) is 3.01. The minimum Gasteiger partial charge on any atom is -0.397 e. The van der Waals surface area contributed by atoms with E-state index in [0.717, 1.165) is 31.7 Å². The molecule has 2 rings (SSSR count). The first-order valence-corrected chi connectivity index (χ1v) is 8.37. The predicted octanol–water partition coefficient (Wildman–Crippen LogP) is 2.13. The lowest BCUT2D eigenvalue weighted by Gasteiger charge is -2.34. The number of anilines is 1. The van der Waals surface area contributed by atoms with Crippen LogP contribution in [0.1, 0.15) is 32.6 Å². The molecule has 116 valence electrons. The second kappa shape index (κ2) is 5.98. The van der Waals surface area contributed by atoms with Gasteiger partial charge >= 0.3 is 0 Å². The van der Waals surface area contributed by atoms with Crippen molar-refractivity contribution in [3.63, 3.8) is 0 Å². The van der Waals surface area contributed by atoms with E-state index in [1.165, 1.54) is 16.4 Å². The van der Waals surface area contributed by atoms with Crippen molar-refractivity contribution in [3.8, 4) is 0 Å². The van der Waals surface area contributed by atoms with E-state index in [2.05, 4.69) is 0 Å². The third-order valence-electron chi connectivity index (χ3n) is 3.84. The number of hydrogen-bond donors (Lipinski definition) is 1. The van der Waals surface area contributed by atoms with E-state index in [4.69, 9.17) is 5.73 Å². The molecule has 1 aromatic carbocycles. The Balaban J connectivity index is 2.41. The number of sulfonamides is 1. The highest BCUT2D eigenvalue weighted by Crippen LogP contribution is 2.31. The standard InChI is InChI=1S/C13H19N3O4S/c1-2-10-5-3-4-8-15(10)21(19,20)13-7-6-11(16(17)18)9-12(13)14/h6-7,9-10H,2-5,8,14H2,1H3. The van der Waals surface area contributed by atoms with Crippen molar-refractivity contribution in [3.05, 3.63) is 28.3 Å². The van der Waals surface area contributed by atoms with Gasteiger partial charge in [-0.05, 0) is 25.3 Å². The number of rotatable bonds is 4. The number of nitrogens with two attached hydrogens (primary N) is 1. The Labute approximate surface area is 123 Å². The van der Waals surface area contributed by atoms with Crippen molar-refractivity contribution in [1.29, 1.82) is 0 Å². The normalized spacial score (nSPS) is 20.3. The molecule has 2 N–H and O–H groups in total. The molecule has 1 heterocycles. The largest absolute Gasteiger partial charge is 0.397 e. The fourth-order valence-corrected chi connectivity index (χ4v) is 4.57. The zero-order chi connectivity index (χ0) is 15.6. The molecule has 7 nitrogen and oxygen atoms in total. The van der Waals surface area contributed by atoms with Crippen LogP contribution in [-0.2, 0) is 10.0 Å². The summed E-state index contributed by atoms with van der Waals surface area (Å²) >= 11 is 0. The van der Waals surface area contributed by atoms with Gasteiger partial charge in [0.25, 0.3) is 5.69 Å². The molecule has 1 atom stereocenters. The van der Waals surface area contributed by atoms with E-state index in [1.54, 1.807) is 0 Å². The van der Waals surface area contributed by atoms with Crippen LogP contribution in [0.15, 0.2) is 23.1 Å². The van der Waals surface area contributed by atoms with Crippen LogP contribution in [0.25, 0.3) is 0 Å². The number of benzene rings is 1. The molecule has 0 saturated carbocycles. The minimum absolute atomic E-state index is 0.0293. The van der Waals surface area contributed by atoms with Crippen molar-refractivity contribution in [1.82, 2.24) is 4.31 Å². The average Bonchev–Trinajstić information content (AvgIpc) is 2.46. The van der Waals surface area contributed by atoms with Crippen molar-refractivity contribution in [2.75, 3.05) is 12.3 Å². The van der Waals surface area contributed by atoms with Gasteiger partial charge in [-0.2, -0.15) is 4.31 Å². The summed E-state index contributed by atoms with van der Waals surface area (Å²) in [7, 11) is -3.71. The molecule has 21 heavy (non-hydrogen) atoms. The molecule has 8 heteroatoms. The molecule has 0 aliphatic carbocycles. The maximum atomic E-state index is 12.7. The number of nitrogens with zero attached hydrogens (tertiary/aromatic N) is 2. The highest BCUT2D eigenvalue weighted by molar-refractivity contribution is 7.89. The van der Waals surface area contributed by atoms with Gasteiger partial charge in [-0.25, -0.2) is 8.42 Å². The van der Waals surface area contributed by atoms with E-state index < -0.39 is 14.9 Å². The first-order chi connectivity index (χ1) is 9.87. The van der Waals surface area contributed by atoms with Gasteiger partial charge in [0.15, 0.2) is 0 Å². The number of nitro benzene ring substituents is 1. The van der Waals surface area contributed by atoms with Gasteiger partial charge in [0.05, 0.1) is 10.6 Å². The fourth-order valence-electron chi connectivity index (χ4n) is 2.71. The lowest BCUT2D eigenvalue weighted by molar-refractivity contribution is -0.384. The van der Waals surface area contributed by atoms with Gasteiger partial charge in [0.2, 0.25) is 10.0 Å². The van der Waals surface area contributed by atoms with Gasteiger partial charge in [-0.15, -0.1) is 0 Å². The Kier molecular flexibility index (Phi) is 4.48. The summed E-state index contributed by atoms with van der Waals surface area (Å²) in [6.45, 7) is 2.43. The molecule has 0 spiro atoms. The molecule has 0 amide bonds. The van der Waals surface area contributed by atoms with Crippen molar-refractivity contribution < 1.29 is 13.3 Å². The van der Waals surface area contributed by atoms with Crippen LogP contribution in [0.2, 0.25) is 0 Å². The van der Waals surface area contributed by atoms with E-state index >= 15 is 0 Å². The topological polar surface area (TPSA) is 107 Å². The van der Waals surface area contributed by atoms with Crippen LogP contribution in [-0.4, -0.2) is 30.2 Å². The van der Waals surface area contributed by atoms with Crippen LogP contribution in [0.5, 0.6) is 0 Å². The maximum Gasteiger partial charge on any atom is 0.271 e. The van der Waals surface area contributed by atoms with Gasteiger partial charge < -0.3 is 5.73 Å². The van der Waals surface area contributed by atoms with Crippen molar-refractivity contribution >= 4 is 21.4 Å². The molecule has 0 radical (unpaired) electrons. The molecule has 0 aromatic heterocycles. The Morgan fingerprint density at radius 3 is 2.71 bits per heavy atom. The zero-order valence-electron chi connectivity index (χ0n) is 11.9. The zero-order valence-corrected chi connectivity index (χ0v) is 12.7. The number of nitro groups is 1. The first kappa shape index (κ1) is 15.7. The lowest BCUT2D eigenvalue weighted by atomic mass is 10.0. The number of piperidine rings is 1. The molecule has 1 aliphatic rings. The molecule has 1 aromatic rings. The van der Waals surface area contributed by atoms with Crippen LogP contribution in [0.4, 0.5) is 11.4 Å². The molecular weight excluding hydrogens is 294 g/mol. The Morgan fingerprint density at radius 1 is 1.43 bits per heavy atom. The molecule has 1 saturated heterocycles. The van der Waals surface area contributed by atoms with Crippen LogP contribution >= 0.6 is 0 Å². The monoisotopic (exact) mass is 313 g/mol. The van der Waals surface area contributed by atoms with Crippen LogP contribution in [0.3, 0.4) is 0 Å². The smallest absolute Gasteiger partial charge is 0.271 e. The summed E-state index contributed by atoms with van der Waals surface area (Å²) < 4.78 is 26.9. The molecular formula is C13H19N3O4S. The highest BCUT2D eigenvalue weighted by Gasteiger charge is 2.34. The van der Waals surface area contributed by atoms with Gasteiger partial charge in [0.1, 0.15) is 4.90 Å². The molecule has 0 bridgehead atoms. The van der Waals surface area contributed by atoms with E-state index in [-0.39, 0.29) is 22.3 Å². The Morgan fingerprint density at radius 2 is 2.14 bits per heavy atom.